The first-order valence-corrected chi connectivity index (χ1v) is 6.58. The number of nitrogens with one attached hydrogen (secondary N) is 1. The fourth-order valence-electron chi connectivity index (χ4n) is 2.11. The second-order valence-corrected chi connectivity index (χ2v) is 4.58. The molecular formula is C14H18N4O2. The van der Waals surface area contributed by atoms with Gasteiger partial charge in [0.1, 0.15) is 0 Å². The van der Waals surface area contributed by atoms with E-state index >= 15 is 0 Å². The van der Waals surface area contributed by atoms with Crippen LogP contribution < -0.4 is 5.32 Å². The van der Waals surface area contributed by atoms with Crippen molar-refractivity contribution in [1.29, 1.82) is 0 Å². The average Bonchev–Trinajstić information content (AvgIpc) is 2.84. The molecule has 20 heavy (non-hydrogen) atoms. The maximum atomic E-state index is 10.9. The van der Waals surface area contributed by atoms with Crippen LogP contribution in [0.5, 0.6) is 0 Å². The zero-order valence-electron chi connectivity index (χ0n) is 11.5. The van der Waals surface area contributed by atoms with Crippen LogP contribution in [0, 0.1) is 10.1 Å². The van der Waals surface area contributed by atoms with E-state index in [4.69, 9.17) is 0 Å². The molecule has 1 heterocycles. The summed E-state index contributed by atoms with van der Waals surface area (Å²) in [6.07, 6.45) is 3.33. The van der Waals surface area contributed by atoms with Crippen molar-refractivity contribution in [3.63, 3.8) is 0 Å². The summed E-state index contributed by atoms with van der Waals surface area (Å²) in [5, 5.41) is 18.3. The highest BCUT2D eigenvalue weighted by Gasteiger charge is 2.11. The van der Waals surface area contributed by atoms with Gasteiger partial charge in [-0.1, -0.05) is 18.2 Å². The van der Waals surface area contributed by atoms with Crippen LogP contribution in [0.1, 0.15) is 11.3 Å². The zero-order chi connectivity index (χ0) is 14.4. The first-order chi connectivity index (χ1) is 9.68. The molecule has 0 amide bonds. The Kier molecular flexibility index (Phi) is 4.84. The fourth-order valence-corrected chi connectivity index (χ4v) is 2.11. The summed E-state index contributed by atoms with van der Waals surface area (Å²) in [4.78, 5) is 10.6. The van der Waals surface area contributed by atoms with Gasteiger partial charge in [0.25, 0.3) is 5.69 Å². The van der Waals surface area contributed by atoms with Crippen molar-refractivity contribution in [1.82, 2.24) is 15.1 Å². The Hall–Kier alpha value is -2.21. The monoisotopic (exact) mass is 274 g/mol. The van der Waals surface area contributed by atoms with Crippen LogP contribution in [-0.4, -0.2) is 27.8 Å². The number of rotatable bonds is 7. The van der Waals surface area contributed by atoms with Crippen LogP contribution in [0.2, 0.25) is 0 Å². The van der Waals surface area contributed by atoms with E-state index in [1.807, 2.05) is 23.9 Å². The van der Waals surface area contributed by atoms with Gasteiger partial charge in [0.2, 0.25) is 0 Å². The third-order valence-electron chi connectivity index (χ3n) is 3.24. The van der Waals surface area contributed by atoms with Crippen LogP contribution in [0.15, 0.2) is 36.5 Å². The van der Waals surface area contributed by atoms with Crippen molar-refractivity contribution in [3.05, 3.63) is 57.9 Å². The molecule has 0 aliphatic heterocycles. The largest absolute Gasteiger partial charge is 0.316 e. The van der Waals surface area contributed by atoms with E-state index < -0.39 is 0 Å². The second kappa shape index (κ2) is 6.81. The predicted molar refractivity (Wildman–Crippen MR) is 76.6 cm³/mol. The van der Waals surface area contributed by atoms with E-state index in [9.17, 15) is 10.1 Å². The van der Waals surface area contributed by atoms with Crippen molar-refractivity contribution in [2.45, 2.75) is 12.8 Å². The van der Waals surface area contributed by atoms with Gasteiger partial charge in [-0.15, -0.1) is 0 Å². The quantitative estimate of drug-likeness (QED) is 0.474. The van der Waals surface area contributed by atoms with Gasteiger partial charge < -0.3 is 5.32 Å². The number of benzene rings is 1. The van der Waals surface area contributed by atoms with Gasteiger partial charge in [0, 0.05) is 43.5 Å². The molecule has 0 saturated carbocycles. The van der Waals surface area contributed by atoms with E-state index in [2.05, 4.69) is 10.4 Å². The van der Waals surface area contributed by atoms with Gasteiger partial charge >= 0.3 is 0 Å². The molecule has 0 bridgehead atoms. The summed E-state index contributed by atoms with van der Waals surface area (Å²) in [6.45, 7) is 1.56. The van der Waals surface area contributed by atoms with Crippen molar-refractivity contribution in [3.8, 4) is 0 Å². The minimum absolute atomic E-state index is 0.195. The third kappa shape index (κ3) is 3.64. The molecule has 0 spiro atoms. The Bertz CT molecular complexity index is 580. The molecule has 0 saturated heterocycles. The molecule has 1 N–H and O–H groups in total. The summed E-state index contributed by atoms with van der Waals surface area (Å²) < 4.78 is 1.85. The molecule has 0 aliphatic carbocycles. The minimum Gasteiger partial charge on any atom is -0.316 e. The maximum Gasteiger partial charge on any atom is 0.272 e. The smallest absolute Gasteiger partial charge is 0.272 e. The third-order valence-corrected chi connectivity index (χ3v) is 3.24. The first kappa shape index (κ1) is 14.2. The van der Waals surface area contributed by atoms with Crippen molar-refractivity contribution in [2.24, 2.45) is 7.05 Å². The molecular weight excluding hydrogens is 256 g/mol. The Labute approximate surface area is 117 Å². The van der Waals surface area contributed by atoms with Gasteiger partial charge in [0.05, 0.1) is 4.92 Å². The molecule has 1 aromatic heterocycles. The van der Waals surface area contributed by atoms with Crippen LogP contribution in [0.25, 0.3) is 0 Å². The number of hydrogen-bond donors (Lipinski definition) is 1. The predicted octanol–water partition coefficient (Wildman–Crippen LogP) is 1.70. The van der Waals surface area contributed by atoms with Crippen molar-refractivity contribution < 1.29 is 4.92 Å². The SMILES string of the molecule is Cn1nccc1CCNCCc1ccccc1[N+](=O)[O-]. The van der Waals surface area contributed by atoms with Crippen molar-refractivity contribution in [2.75, 3.05) is 13.1 Å². The summed E-state index contributed by atoms with van der Waals surface area (Å²) in [6, 6.07) is 8.87. The molecule has 106 valence electrons. The summed E-state index contributed by atoms with van der Waals surface area (Å²) in [5.74, 6) is 0. The first-order valence-electron chi connectivity index (χ1n) is 6.58. The van der Waals surface area contributed by atoms with Crippen LogP contribution in [0.4, 0.5) is 5.69 Å². The zero-order valence-corrected chi connectivity index (χ0v) is 11.5. The number of hydrogen-bond acceptors (Lipinski definition) is 4. The molecule has 2 rings (SSSR count). The molecule has 6 nitrogen and oxygen atoms in total. The van der Waals surface area contributed by atoms with Gasteiger partial charge in [0.15, 0.2) is 0 Å². The van der Waals surface area contributed by atoms with Gasteiger partial charge in [-0.2, -0.15) is 5.10 Å². The van der Waals surface area contributed by atoms with Gasteiger partial charge in [-0.3, -0.25) is 14.8 Å². The lowest BCUT2D eigenvalue weighted by molar-refractivity contribution is -0.385. The van der Waals surface area contributed by atoms with Crippen LogP contribution >= 0.6 is 0 Å². The molecule has 1 aromatic carbocycles. The van der Waals surface area contributed by atoms with E-state index in [1.54, 1.807) is 24.4 Å². The second-order valence-electron chi connectivity index (χ2n) is 4.58. The molecule has 2 aromatic rings. The molecule has 6 heteroatoms. The number of para-hydroxylation sites is 1. The summed E-state index contributed by atoms with van der Waals surface area (Å²) in [5.41, 5.74) is 2.13. The number of nitrogens with zero attached hydrogens (tertiary/aromatic N) is 3. The molecule has 0 atom stereocenters. The lowest BCUT2D eigenvalue weighted by Gasteiger charge is -2.06. The maximum absolute atomic E-state index is 10.9. The van der Waals surface area contributed by atoms with E-state index in [0.29, 0.717) is 6.42 Å². The van der Waals surface area contributed by atoms with Crippen LogP contribution in [0.3, 0.4) is 0 Å². The molecule has 0 fully saturated rings. The van der Waals surface area contributed by atoms with E-state index in [0.717, 1.165) is 25.1 Å². The molecule has 0 radical (unpaired) electrons. The Morgan fingerprint density at radius 2 is 2.00 bits per heavy atom. The van der Waals surface area contributed by atoms with Gasteiger partial charge in [-0.25, -0.2) is 0 Å². The minimum atomic E-state index is -0.328. The number of aromatic nitrogens is 2. The van der Waals surface area contributed by atoms with E-state index in [1.165, 1.54) is 5.69 Å². The van der Waals surface area contributed by atoms with Crippen molar-refractivity contribution >= 4 is 5.69 Å². The highest BCUT2D eigenvalue weighted by atomic mass is 16.6. The highest BCUT2D eigenvalue weighted by molar-refractivity contribution is 5.39. The fraction of sp³-hybridized carbons (Fsp3) is 0.357. The number of nitro benzene ring substituents is 1. The lowest BCUT2D eigenvalue weighted by atomic mass is 10.1. The molecule has 0 aliphatic rings. The van der Waals surface area contributed by atoms with Crippen LogP contribution in [-0.2, 0) is 19.9 Å². The highest BCUT2D eigenvalue weighted by Crippen LogP contribution is 2.17. The summed E-state index contributed by atoms with van der Waals surface area (Å²) >= 11 is 0. The Morgan fingerprint density at radius 3 is 2.70 bits per heavy atom. The van der Waals surface area contributed by atoms with Gasteiger partial charge in [-0.05, 0) is 19.0 Å². The topological polar surface area (TPSA) is 73.0 Å². The summed E-state index contributed by atoms with van der Waals surface area (Å²) in [7, 11) is 1.92. The lowest BCUT2D eigenvalue weighted by Crippen LogP contribution is -2.21. The average molecular weight is 274 g/mol. The Balaban J connectivity index is 1.76. The van der Waals surface area contributed by atoms with E-state index in [-0.39, 0.29) is 10.6 Å². The Morgan fingerprint density at radius 1 is 1.25 bits per heavy atom. The number of aryl methyl sites for hydroxylation is 1. The standard InChI is InChI=1S/C14H18N4O2/c1-17-13(8-11-16-17)7-10-15-9-6-12-4-2-3-5-14(12)18(19)20/h2-5,8,11,15H,6-7,9-10H2,1H3. The normalized spacial score (nSPS) is 10.7. The molecule has 0 unspecified atom stereocenters. The number of nitro groups is 1.